The second kappa shape index (κ2) is 8.24. The van der Waals surface area contributed by atoms with Gasteiger partial charge in [-0.05, 0) is 56.0 Å². The van der Waals surface area contributed by atoms with E-state index in [2.05, 4.69) is 25.9 Å². The molecule has 0 saturated heterocycles. The third-order valence-corrected chi connectivity index (χ3v) is 5.04. The monoisotopic (exact) mass is 416 g/mol. The molecule has 0 spiro atoms. The Labute approximate surface area is 170 Å². The average Bonchev–Trinajstić information content (AvgIpc) is 2.62. The van der Waals surface area contributed by atoms with Crippen LogP contribution in [0.1, 0.15) is 25.8 Å². The predicted molar refractivity (Wildman–Crippen MR) is 119 cm³/mol. The van der Waals surface area contributed by atoms with E-state index in [4.69, 9.17) is 4.74 Å². The van der Waals surface area contributed by atoms with Crippen LogP contribution in [0, 0.1) is 12.7 Å². The highest BCUT2D eigenvalue weighted by molar-refractivity contribution is 8.00. The Kier molecular flexibility index (Phi) is 5.93. The van der Waals surface area contributed by atoms with Gasteiger partial charge in [-0.2, -0.15) is 0 Å². The van der Waals surface area contributed by atoms with E-state index in [1.807, 2.05) is 26.8 Å². The molecule has 0 radical (unpaired) electrons. The van der Waals surface area contributed by atoms with Crippen LogP contribution in [0.2, 0.25) is 0 Å². The third-order valence-electron chi connectivity index (χ3n) is 4.37. The summed E-state index contributed by atoms with van der Waals surface area (Å²) in [6.07, 6.45) is 3.72. The second-order valence-electron chi connectivity index (χ2n) is 7.12. The van der Waals surface area contributed by atoms with Gasteiger partial charge in [-0.3, -0.25) is 0 Å². The molecular formula is C21H25FN4O2S. The quantitative estimate of drug-likeness (QED) is 0.548. The minimum absolute atomic E-state index is 0.0542. The van der Waals surface area contributed by atoms with E-state index in [0.717, 1.165) is 17.4 Å². The van der Waals surface area contributed by atoms with Crippen LogP contribution in [0.4, 0.5) is 21.6 Å². The number of aromatic nitrogens is 2. The highest BCUT2D eigenvalue weighted by Gasteiger charge is 2.14. The summed E-state index contributed by atoms with van der Waals surface area (Å²) < 4.78 is 34.5. The van der Waals surface area contributed by atoms with E-state index in [9.17, 15) is 8.60 Å². The molecule has 2 aromatic carbocycles. The van der Waals surface area contributed by atoms with Crippen molar-refractivity contribution in [2.24, 2.45) is 0 Å². The van der Waals surface area contributed by atoms with Gasteiger partial charge in [0.1, 0.15) is 23.7 Å². The van der Waals surface area contributed by atoms with Gasteiger partial charge in [0, 0.05) is 33.1 Å². The standard InChI is InChI=1S/C21H25FN4O2S/c1-6-14(3)28-19-10-15(22)7-8-17(19)25-21-20-13(2)9-16(26-29(4,5)27)11-18(20)23-12-24-21/h7-12,14H,4,6H2,1-3,5H3,(H,26,27)(H,23,24,25). The van der Waals surface area contributed by atoms with Gasteiger partial charge >= 0.3 is 0 Å². The van der Waals surface area contributed by atoms with Crippen molar-refractivity contribution < 1.29 is 13.3 Å². The zero-order valence-corrected chi connectivity index (χ0v) is 17.8. The molecule has 6 nitrogen and oxygen atoms in total. The minimum atomic E-state index is -2.41. The van der Waals surface area contributed by atoms with Crippen molar-refractivity contribution in [1.82, 2.24) is 9.97 Å². The van der Waals surface area contributed by atoms with Crippen LogP contribution in [0.3, 0.4) is 0 Å². The summed E-state index contributed by atoms with van der Waals surface area (Å²) in [5.41, 5.74) is 2.86. The third kappa shape index (κ3) is 5.14. The van der Waals surface area contributed by atoms with Gasteiger partial charge in [0.2, 0.25) is 0 Å². The maximum absolute atomic E-state index is 13.8. The highest BCUT2D eigenvalue weighted by Crippen LogP contribution is 2.33. The van der Waals surface area contributed by atoms with Crippen LogP contribution in [0.25, 0.3) is 10.9 Å². The Balaban J connectivity index is 2.03. The fraction of sp³-hybridized carbons (Fsp3) is 0.286. The molecule has 0 fully saturated rings. The summed E-state index contributed by atoms with van der Waals surface area (Å²) in [6, 6.07) is 8.02. The van der Waals surface area contributed by atoms with E-state index >= 15 is 0 Å². The topological polar surface area (TPSA) is 76.1 Å². The zero-order chi connectivity index (χ0) is 21.2. The lowest BCUT2D eigenvalue weighted by molar-refractivity contribution is 0.218. The van der Waals surface area contributed by atoms with Gasteiger partial charge in [-0.1, -0.05) is 6.92 Å². The number of nitrogens with one attached hydrogen (secondary N) is 2. The molecule has 0 amide bonds. The zero-order valence-electron chi connectivity index (χ0n) is 17.0. The molecule has 0 bridgehead atoms. The van der Waals surface area contributed by atoms with Crippen LogP contribution in [0.5, 0.6) is 5.75 Å². The molecule has 0 aliphatic carbocycles. The Bertz CT molecular complexity index is 1150. The molecule has 154 valence electrons. The van der Waals surface area contributed by atoms with Crippen LogP contribution < -0.4 is 14.8 Å². The fourth-order valence-corrected chi connectivity index (χ4v) is 3.54. The minimum Gasteiger partial charge on any atom is -0.488 e. The molecule has 29 heavy (non-hydrogen) atoms. The van der Waals surface area contributed by atoms with Crippen molar-refractivity contribution in [2.45, 2.75) is 33.3 Å². The van der Waals surface area contributed by atoms with Crippen LogP contribution >= 0.6 is 0 Å². The van der Waals surface area contributed by atoms with E-state index in [-0.39, 0.29) is 11.9 Å². The lowest BCUT2D eigenvalue weighted by Gasteiger charge is -2.18. The Morgan fingerprint density at radius 1 is 1.28 bits per heavy atom. The lowest BCUT2D eigenvalue weighted by Crippen LogP contribution is -2.11. The number of hydrogen-bond acceptors (Lipinski definition) is 5. The van der Waals surface area contributed by atoms with Crippen molar-refractivity contribution >= 4 is 43.7 Å². The molecule has 2 atom stereocenters. The van der Waals surface area contributed by atoms with Gasteiger partial charge in [0.05, 0.1) is 17.3 Å². The number of fused-ring (bicyclic) bond motifs is 1. The molecule has 0 aliphatic heterocycles. The summed E-state index contributed by atoms with van der Waals surface area (Å²) in [5.74, 6) is 4.25. The van der Waals surface area contributed by atoms with Crippen molar-refractivity contribution in [3.05, 3.63) is 48.0 Å². The lowest BCUT2D eigenvalue weighted by atomic mass is 10.1. The maximum atomic E-state index is 13.8. The van der Waals surface area contributed by atoms with Crippen LogP contribution in [-0.4, -0.2) is 32.4 Å². The number of ether oxygens (including phenoxy) is 1. The predicted octanol–water partition coefficient (Wildman–Crippen LogP) is 4.67. The molecule has 1 aromatic heterocycles. The molecular weight excluding hydrogens is 391 g/mol. The second-order valence-corrected chi connectivity index (χ2v) is 9.33. The molecule has 3 aromatic rings. The molecule has 1 heterocycles. The van der Waals surface area contributed by atoms with Crippen molar-refractivity contribution in [3.63, 3.8) is 0 Å². The van der Waals surface area contributed by atoms with E-state index < -0.39 is 9.71 Å². The first-order valence-corrected chi connectivity index (χ1v) is 11.4. The number of anilines is 3. The number of aryl methyl sites for hydroxylation is 1. The fourth-order valence-electron chi connectivity index (χ4n) is 2.92. The van der Waals surface area contributed by atoms with Crippen molar-refractivity contribution in [3.8, 4) is 5.75 Å². The van der Waals surface area contributed by atoms with Crippen LogP contribution in [-0.2, 0) is 9.71 Å². The average molecular weight is 417 g/mol. The van der Waals surface area contributed by atoms with E-state index in [1.165, 1.54) is 24.7 Å². The first kappa shape index (κ1) is 20.9. The summed E-state index contributed by atoms with van der Waals surface area (Å²) in [7, 11) is -2.41. The maximum Gasteiger partial charge on any atom is 0.146 e. The van der Waals surface area contributed by atoms with Gasteiger partial charge in [-0.25, -0.2) is 18.6 Å². The summed E-state index contributed by atoms with van der Waals surface area (Å²) in [5, 5.41) is 4.06. The summed E-state index contributed by atoms with van der Waals surface area (Å²) in [6.45, 7) is 5.86. The molecule has 0 saturated carbocycles. The number of rotatable bonds is 7. The number of halogens is 1. The van der Waals surface area contributed by atoms with Crippen molar-refractivity contribution in [2.75, 3.05) is 16.3 Å². The number of hydrogen-bond donors (Lipinski definition) is 2. The number of nitrogens with zero attached hydrogens (tertiary/aromatic N) is 2. The van der Waals surface area contributed by atoms with Crippen molar-refractivity contribution in [1.29, 1.82) is 0 Å². The largest absolute Gasteiger partial charge is 0.488 e. The molecule has 3 rings (SSSR count). The first-order valence-electron chi connectivity index (χ1n) is 9.25. The molecule has 2 unspecified atom stereocenters. The van der Waals surface area contributed by atoms with E-state index in [1.54, 1.807) is 12.1 Å². The molecule has 2 N–H and O–H groups in total. The van der Waals surface area contributed by atoms with E-state index in [0.29, 0.717) is 28.5 Å². The van der Waals surface area contributed by atoms with Gasteiger partial charge in [0.25, 0.3) is 0 Å². The Hall–Kier alpha value is -2.87. The SMILES string of the molecule is C=S(C)(=O)Nc1cc(C)c2c(Nc3ccc(F)cc3OC(C)CC)ncnc2c1. The molecule has 0 aliphatic rings. The van der Waals surface area contributed by atoms with Crippen LogP contribution in [0.15, 0.2) is 36.7 Å². The normalized spacial score (nSPS) is 14.2. The van der Waals surface area contributed by atoms with Gasteiger partial charge in [-0.15, -0.1) is 0 Å². The highest BCUT2D eigenvalue weighted by atomic mass is 32.2. The van der Waals surface area contributed by atoms with Gasteiger partial charge < -0.3 is 14.8 Å². The first-order chi connectivity index (χ1) is 13.7. The Morgan fingerprint density at radius 2 is 2.03 bits per heavy atom. The summed E-state index contributed by atoms with van der Waals surface area (Å²) >= 11 is 0. The Morgan fingerprint density at radius 3 is 2.72 bits per heavy atom. The number of benzene rings is 2. The summed E-state index contributed by atoms with van der Waals surface area (Å²) in [4.78, 5) is 8.71. The van der Waals surface area contributed by atoms with Gasteiger partial charge in [0.15, 0.2) is 0 Å². The molecule has 8 heteroatoms. The smallest absolute Gasteiger partial charge is 0.146 e.